The molecule has 0 spiro atoms. The summed E-state index contributed by atoms with van der Waals surface area (Å²) in [5.74, 6) is 0.117. The van der Waals surface area contributed by atoms with E-state index in [4.69, 9.17) is 14.7 Å². The first-order valence-electron chi connectivity index (χ1n) is 10.5. The Balaban J connectivity index is 1.68. The molecule has 29 heavy (non-hydrogen) atoms. The number of fused-ring (bicyclic) bond motifs is 1. The molecule has 2 aromatic rings. The van der Waals surface area contributed by atoms with Gasteiger partial charge in [0.05, 0.1) is 11.3 Å². The monoisotopic (exact) mass is 402 g/mol. The van der Waals surface area contributed by atoms with Gasteiger partial charge in [0.25, 0.3) is 0 Å². The Morgan fingerprint density at radius 1 is 1.03 bits per heavy atom. The lowest BCUT2D eigenvalue weighted by atomic mass is 10.0. The highest BCUT2D eigenvalue weighted by Crippen LogP contribution is 2.32. The summed E-state index contributed by atoms with van der Waals surface area (Å²) < 4.78 is 33.0. The maximum absolute atomic E-state index is 13.7. The van der Waals surface area contributed by atoms with Crippen molar-refractivity contribution in [3.63, 3.8) is 0 Å². The number of nitrogens with zero attached hydrogens (tertiary/aromatic N) is 4. The SMILES string of the molecule is CC(C)CN1CCc2nc(N3CCCCC3)nc(Oc3ccc(F)c(F)c3)c2C1. The van der Waals surface area contributed by atoms with Crippen LogP contribution >= 0.6 is 0 Å². The number of benzene rings is 1. The molecule has 0 bridgehead atoms. The molecular formula is C22H28F2N4O. The average Bonchev–Trinajstić information content (AvgIpc) is 2.71. The van der Waals surface area contributed by atoms with Gasteiger partial charge in [-0.3, -0.25) is 4.90 Å². The number of aromatic nitrogens is 2. The summed E-state index contributed by atoms with van der Waals surface area (Å²) in [4.78, 5) is 14.1. The van der Waals surface area contributed by atoms with Crippen molar-refractivity contribution >= 4 is 5.95 Å². The quantitative estimate of drug-likeness (QED) is 0.734. The summed E-state index contributed by atoms with van der Waals surface area (Å²) in [6.07, 6.45) is 4.31. The van der Waals surface area contributed by atoms with Crippen LogP contribution in [-0.4, -0.2) is 41.0 Å². The molecule has 0 unspecified atom stereocenters. The van der Waals surface area contributed by atoms with E-state index >= 15 is 0 Å². The zero-order chi connectivity index (χ0) is 20.4. The van der Waals surface area contributed by atoms with Gasteiger partial charge in [-0.15, -0.1) is 0 Å². The predicted molar refractivity (Wildman–Crippen MR) is 108 cm³/mol. The highest BCUT2D eigenvalue weighted by atomic mass is 19.2. The lowest BCUT2D eigenvalue weighted by Gasteiger charge is -2.32. The van der Waals surface area contributed by atoms with Crippen LogP contribution in [-0.2, 0) is 13.0 Å². The molecule has 2 aliphatic rings. The molecule has 1 fully saturated rings. The van der Waals surface area contributed by atoms with E-state index in [0.717, 1.165) is 68.8 Å². The Morgan fingerprint density at radius 3 is 2.55 bits per heavy atom. The van der Waals surface area contributed by atoms with Crippen LogP contribution in [0.25, 0.3) is 0 Å². The Labute approximate surface area is 170 Å². The molecule has 0 N–H and O–H groups in total. The second-order valence-electron chi connectivity index (χ2n) is 8.36. The highest BCUT2D eigenvalue weighted by Gasteiger charge is 2.26. The number of halogens is 2. The van der Waals surface area contributed by atoms with Crippen molar-refractivity contribution in [2.75, 3.05) is 31.1 Å². The third-order valence-corrected chi connectivity index (χ3v) is 5.46. The fourth-order valence-electron chi connectivity index (χ4n) is 4.07. The Bertz CT molecular complexity index is 868. The second kappa shape index (κ2) is 8.61. The van der Waals surface area contributed by atoms with Gasteiger partial charge >= 0.3 is 0 Å². The molecule has 1 aromatic carbocycles. The molecular weight excluding hydrogens is 374 g/mol. The van der Waals surface area contributed by atoms with E-state index in [1.54, 1.807) is 0 Å². The molecule has 0 saturated carbocycles. The first-order valence-corrected chi connectivity index (χ1v) is 10.5. The lowest BCUT2D eigenvalue weighted by Crippen LogP contribution is -2.36. The maximum Gasteiger partial charge on any atom is 0.228 e. The topological polar surface area (TPSA) is 41.5 Å². The zero-order valence-corrected chi connectivity index (χ0v) is 17.1. The number of rotatable bonds is 5. The molecule has 156 valence electrons. The van der Waals surface area contributed by atoms with Crippen LogP contribution in [0, 0.1) is 17.6 Å². The number of ether oxygens (including phenoxy) is 1. The number of anilines is 1. The van der Waals surface area contributed by atoms with E-state index in [1.165, 1.54) is 12.5 Å². The molecule has 5 nitrogen and oxygen atoms in total. The maximum atomic E-state index is 13.7. The Kier molecular flexibility index (Phi) is 5.94. The van der Waals surface area contributed by atoms with E-state index in [-0.39, 0.29) is 5.75 Å². The summed E-state index contributed by atoms with van der Waals surface area (Å²) in [7, 11) is 0. The third-order valence-electron chi connectivity index (χ3n) is 5.46. The Hall–Kier alpha value is -2.28. The number of piperidine rings is 1. The average molecular weight is 402 g/mol. The minimum atomic E-state index is -0.928. The molecule has 4 rings (SSSR count). The van der Waals surface area contributed by atoms with Crippen molar-refractivity contribution in [1.82, 2.24) is 14.9 Å². The lowest BCUT2D eigenvalue weighted by molar-refractivity contribution is 0.220. The highest BCUT2D eigenvalue weighted by molar-refractivity contribution is 5.43. The van der Waals surface area contributed by atoms with Crippen LogP contribution in [0.15, 0.2) is 18.2 Å². The van der Waals surface area contributed by atoms with Gasteiger partial charge in [0.15, 0.2) is 11.6 Å². The summed E-state index contributed by atoms with van der Waals surface area (Å²) >= 11 is 0. The summed E-state index contributed by atoms with van der Waals surface area (Å²) in [6.45, 7) is 8.90. The van der Waals surface area contributed by atoms with Crippen LogP contribution in [0.4, 0.5) is 14.7 Å². The molecule has 2 aliphatic heterocycles. The van der Waals surface area contributed by atoms with Crippen molar-refractivity contribution in [3.8, 4) is 11.6 Å². The molecule has 7 heteroatoms. The number of hydrogen-bond acceptors (Lipinski definition) is 5. The van der Waals surface area contributed by atoms with Gasteiger partial charge in [0.1, 0.15) is 5.75 Å². The van der Waals surface area contributed by atoms with Crippen molar-refractivity contribution < 1.29 is 13.5 Å². The van der Waals surface area contributed by atoms with E-state index in [0.29, 0.717) is 24.3 Å². The van der Waals surface area contributed by atoms with Crippen molar-refractivity contribution in [3.05, 3.63) is 41.1 Å². The number of hydrogen-bond donors (Lipinski definition) is 0. The van der Waals surface area contributed by atoms with Gasteiger partial charge in [-0.2, -0.15) is 4.98 Å². The summed E-state index contributed by atoms with van der Waals surface area (Å²) in [5.41, 5.74) is 1.94. The van der Waals surface area contributed by atoms with Crippen LogP contribution in [0.1, 0.15) is 44.4 Å². The largest absolute Gasteiger partial charge is 0.438 e. The van der Waals surface area contributed by atoms with Crippen LogP contribution < -0.4 is 9.64 Å². The molecule has 1 aromatic heterocycles. The van der Waals surface area contributed by atoms with Crippen molar-refractivity contribution in [2.45, 2.75) is 46.1 Å². The fraction of sp³-hybridized carbons (Fsp3) is 0.545. The van der Waals surface area contributed by atoms with Gasteiger partial charge in [0, 0.05) is 45.2 Å². The van der Waals surface area contributed by atoms with Crippen molar-refractivity contribution in [2.24, 2.45) is 5.92 Å². The smallest absolute Gasteiger partial charge is 0.228 e. The van der Waals surface area contributed by atoms with E-state index in [9.17, 15) is 8.78 Å². The Morgan fingerprint density at radius 2 is 1.83 bits per heavy atom. The molecule has 3 heterocycles. The van der Waals surface area contributed by atoms with Crippen LogP contribution in [0.3, 0.4) is 0 Å². The summed E-state index contributed by atoms with van der Waals surface area (Å²) in [5, 5.41) is 0. The first kappa shape index (κ1) is 20.0. The minimum Gasteiger partial charge on any atom is -0.438 e. The van der Waals surface area contributed by atoms with Gasteiger partial charge in [-0.1, -0.05) is 13.8 Å². The van der Waals surface area contributed by atoms with Crippen molar-refractivity contribution in [1.29, 1.82) is 0 Å². The molecule has 0 radical (unpaired) electrons. The van der Waals surface area contributed by atoms with E-state index in [1.807, 2.05) is 0 Å². The standard InChI is InChI=1S/C22H28F2N4O/c1-15(2)13-27-11-8-20-17(14-27)21(29-16-6-7-18(23)19(24)12-16)26-22(25-20)28-9-4-3-5-10-28/h6-7,12,15H,3-5,8-11,13-14H2,1-2H3. The van der Waals surface area contributed by atoms with Gasteiger partial charge in [-0.25, -0.2) is 13.8 Å². The zero-order valence-electron chi connectivity index (χ0n) is 17.1. The van der Waals surface area contributed by atoms with Gasteiger partial charge in [0.2, 0.25) is 11.8 Å². The van der Waals surface area contributed by atoms with E-state index in [2.05, 4.69) is 23.6 Å². The first-order chi connectivity index (χ1) is 14.0. The second-order valence-corrected chi connectivity index (χ2v) is 8.36. The van der Waals surface area contributed by atoms with Crippen LogP contribution in [0.5, 0.6) is 11.6 Å². The molecule has 0 aliphatic carbocycles. The fourth-order valence-corrected chi connectivity index (χ4v) is 4.07. The molecule has 0 amide bonds. The minimum absolute atomic E-state index is 0.246. The van der Waals surface area contributed by atoms with E-state index < -0.39 is 11.6 Å². The molecule has 1 saturated heterocycles. The van der Waals surface area contributed by atoms with Gasteiger partial charge in [-0.05, 0) is 37.3 Å². The van der Waals surface area contributed by atoms with Gasteiger partial charge < -0.3 is 9.64 Å². The van der Waals surface area contributed by atoms with Crippen LogP contribution in [0.2, 0.25) is 0 Å². The predicted octanol–water partition coefficient (Wildman–Crippen LogP) is 4.55. The summed E-state index contributed by atoms with van der Waals surface area (Å²) in [6, 6.07) is 3.58. The third kappa shape index (κ3) is 4.66. The normalized spacial score (nSPS) is 17.5. The molecule has 0 atom stereocenters.